The lowest BCUT2D eigenvalue weighted by Crippen LogP contribution is -2.55. The van der Waals surface area contributed by atoms with E-state index in [2.05, 4.69) is 4.98 Å². The van der Waals surface area contributed by atoms with Gasteiger partial charge in [-0.3, -0.25) is 9.78 Å². The monoisotopic (exact) mass is 429 g/mol. The van der Waals surface area contributed by atoms with Crippen LogP contribution in [-0.2, 0) is 21.5 Å². The number of aliphatic carboxylic acids is 1. The molecule has 1 aliphatic rings. The number of hydrogen-bond donors (Lipinski definition) is 5. The van der Waals surface area contributed by atoms with Gasteiger partial charge < -0.3 is 26.6 Å². The van der Waals surface area contributed by atoms with E-state index in [1.165, 1.54) is 4.31 Å². The molecule has 0 aromatic carbocycles. The molecule has 2 heterocycles. The highest BCUT2D eigenvalue weighted by Gasteiger charge is 2.53. The summed E-state index contributed by atoms with van der Waals surface area (Å²) in [6.07, 6.45) is 3.73. The van der Waals surface area contributed by atoms with Gasteiger partial charge in [-0.25, -0.2) is 0 Å². The van der Waals surface area contributed by atoms with E-state index >= 15 is 0 Å². The van der Waals surface area contributed by atoms with Gasteiger partial charge in [0.2, 0.25) is 0 Å². The third-order valence-electron chi connectivity index (χ3n) is 5.14. The van der Waals surface area contributed by atoms with Gasteiger partial charge in [-0.15, -0.1) is 0 Å². The molecule has 1 aromatic heterocycles. The lowest BCUT2D eigenvalue weighted by molar-refractivity contribution is -0.144. The summed E-state index contributed by atoms with van der Waals surface area (Å²) in [7, 11) is -5.52. The van der Waals surface area contributed by atoms with E-state index in [0.29, 0.717) is 6.42 Å². The van der Waals surface area contributed by atoms with Crippen molar-refractivity contribution < 1.29 is 28.4 Å². The molecule has 2 atom stereocenters. The van der Waals surface area contributed by atoms with Crippen molar-refractivity contribution in [1.29, 1.82) is 0 Å². The molecule has 0 radical (unpaired) electrons. The minimum absolute atomic E-state index is 0.0558. The van der Waals surface area contributed by atoms with Crippen LogP contribution in [0, 0.1) is 5.92 Å². The van der Waals surface area contributed by atoms with Gasteiger partial charge in [0.05, 0.1) is 0 Å². The number of pyridine rings is 1. The maximum absolute atomic E-state index is 13.2. The zero-order chi connectivity index (χ0) is 21.7. The fraction of sp³-hybridized carbons (Fsp3) is 0.625. The minimum atomic E-state index is -4.02. The molecule has 162 valence electrons. The molecule has 1 saturated heterocycles. The lowest BCUT2D eigenvalue weighted by atomic mass is 9.78. The van der Waals surface area contributed by atoms with Crippen molar-refractivity contribution in [2.75, 3.05) is 26.2 Å². The van der Waals surface area contributed by atoms with E-state index < -0.39 is 34.8 Å². The van der Waals surface area contributed by atoms with Crippen molar-refractivity contribution in [2.45, 2.75) is 31.2 Å². The fourth-order valence-corrected chi connectivity index (χ4v) is 5.20. The fourth-order valence-electron chi connectivity index (χ4n) is 3.48. The first-order valence-electron chi connectivity index (χ1n) is 9.34. The maximum atomic E-state index is 13.2. The van der Waals surface area contributed by atoms with Gasteiger partial charge in [0.15, 0.2) is 0 Å². The first kappa shape index (κ1) is 23.7. The number of nitrogens with two attached hydrogens (primary N) is 2. The van der Waals surface area contributed by atoms with Crippen molar-refractivity contribution in [3.63, 3.8) is 0 Å². The standard InChI is InChI=1S/C16H28BN5O6S/c18-6-9-21(10-13-3-7-20-8-4-13)29(27,28)22-11-14(2-1-5-17(25)26)16(19,12-22)15(23)24/h3-4,7-8,14,25-26H,1-2,5-6,9-12,18-19H2,(H,23,24)/t14-,16-/m0/s1. The van der Waals surface area contributed by atoms with Gasteiger partial charge in [0.1, 0.15) is 5.54 Å². The van der Waals surface area contributed by atoms with Crippen LogP contribution < -0.4 is 11.5 Å². The SMILES string of the molecule is NCCN(Cc1ccncc1)S(=O)(=O)N1C[C@H](CCCB(O)O)[C@](N)(C(=O)O)C1. The molecule has 29 heavy (non-hydrogen) atoms. The number of hydrogen-bond acceptors (Lipinski definition) is 8. The summed E-state index contributed by atoms with van der Waals surface area (Å²) in [4.78, 5) is 15.7. The number of nitrogens with zero attached hydrogens (tertiary/aromatic N) is 3. The van der Waals surface area contributed by atoms with Crippen LogP contribution in [0.15, 0.2) is 24.5 Å². The Labute approximate surface area is 170 Å². The summed E-state index contributed by atoms with van der Waals surface area (Å²) < 4.78 is 28.7. The van der Waals surface area contributed by atoms with E-state index in [-0.39, 0.29) is 45.5 Å². The second-order valence-corrected chi connectivity index (χ2v) is 9.16. The van der Waals surface area contributed by atoms with Crippen molar-refractivity contribution in [3.05, 3.63) is 30.1 Å². The summed E-state index contributed by atoms with van der Waals surface area (Å²) in [6, 6.07) is 3.38. The number of rotatable bonds is 11. The molecule has 11 nitrogen and oxygen atoms in total. The average molecular weight is 429 g/mol. The van der Waals surface area contributed by atoms with Crippen molar-refractivity contribution in [2.24, 2.45) is 17.4 Å². The van der Waals surface area contributed by atoms with Crippen LogP contribution in [0.2, 0.25) is 6.32 Å². The van der Waals surface area contributed by atoms with Gasteiger partial charge in [-0.2, -0.15) is 17.0 Å². The lowest BCUT2D eigenvalue weighted by Gasteiger charge is -2.28. The molecule has 0 saturated carbocycles. The zero-order valence-electron chi connectivity index (χ0n) is 16.1. The molecule has 0 amide bonds. The largest absolute Gasteiger partial charge is 0.480 e. The maximum Gasteiger partial charge on any atom is 0.451 e. The molecule has 0 spiro atoms. The van der Waals surface area contributed by atoms with Crippen molar-refractivity contribution in [1.82, 2.24) is 13.6 Å². The van der Waals surface area contributed by atoms with Gasteiger partial charge in [-0.1, -0.05) is 6.42 Å². The molecule has 7 N–H and O–H groups in total. The first-order valence-corrected chi connectivity index (χ1v) is 10.7. The van der Waals surface area contributed by atoms with Crippen LogP contribution in [0.4, 0.5) is 0 Å². The van der Waals surface area contributed by atoms with Crippen molar-refractivity contribution in [3.8, 4) is 0 Å². The second-order valence-electron chi connectivity index (χ2n) is 7.23. The minimum Gasteiger partial charge on any atom is -0.480 e. The number of carboxylic acids is 1. The van der Waals surface area contributed by atoms with Gasteiger partial charge in [-0.05, 0) is 30.4 Å². The van der Waals surface area contributed by atoms with Gasteiger partial charge >= 0.3 is 13.1 Å². The second kappa shape index (κ2) is 9.93. The number of carboxylic acid groups (broad SMARTS) is 1. The smallest absolute Gasteiger partial charge is 0.451 e. The molecule has 2 rings (SSSR count). The Balaban J connectivity index is 2.21. The van der Waals surface area contributed by atoms with Crippen LogP contribution in [-0.4, -0.2) is 82.0 Å². The van der Waals surface area contributed by atoms with E-state index in [9.17, 15) is 18.3 Å². The molecular weight excluding hydrogens is 401 g/mol. The molecular formula is C16H28BN5O6S. The van der Waals surface area contributed by atoms with E-state index in [0.717, 1.165) is 9.87 Å². The zero-order valence-corrected chi connectivity index (χ0v) is 16.9. The Kier molecular flexibility index (Phi) is 8.11. The predicted octanol–water partition coefficient (Wildman–Crippen LogP) is -1.95. The highest BCUT2D eigenvalue weighted by atomic mass is 32.2. The molecule has 1 aromatic rings. The van der Waals surface area contributed by atoms with E-state index in [1.54, 1.807) is 24.5 Å². The Hall–Kier alpha value is -1.61. The van der Waals surface area contributed by atoms with E-state index in [4.69, 9.17) is 21.5 Å². The van der Waals surface area contributed by atoms with Crippen LogP contribution in [0.3, 0.4) is 0 Å². The summed E-state index contributed by atoms with van der Waals surface area (Å²) in [5.41, 5.74) is 10.7. The molecule has 0 unspecified atom stereocenters. The third kappa shape index (κ3) is 5.72. The number of carbonyl (C=O) groups is 1. The molecule has 1 fully saturated rings. The summed E-state index contributed by atoms with van der Waals surface area (Å²) in [5.74, 6) is -1.95. The van der Waals surface area contributed by atoms with Crippen molar-refractivity contribution >= 4 is 23.3 Å². The Morgan fingerprint density at radius 3 is 2.59 bits per heavy atom. The van der Waals surface area contributed by atoms with Crippen LogP contribution in [0.5, 0.6) is 0 Å². The summed E-state index contributed by atoms with van der Waals surface area (Å²) in [5, 5.41) is 27.6. The molecule has 0 bridgehead atoms. The first-order chi connectivity index (χ1) is 13.6. The molecule has 13 heteroatoms. The number of aromatic nitrogens is 1. The Morgan fingerprint density at radius 2 is 2.03 bits per heavy atom. The van der Waals surface area contributed by atoms with Gasteiger partial charge in [0.25, 0.3) is 10.2 Å². The summed E-state index contributed by atoms with van der Waals surface area (Å²) in [6.45, 7) is -0.196. The van der Waals surface area contributed by atoms with Crippen LogP contribution in [0.1, 0.15) is 18.4 Å². The van der Waals surface area contributed by atoms with Crippen LogP contribution in [0.25, 0.3) is 0 Å². The van der Waals surface area contributed by atoms with E-state index in [1.807, 2.05) is 0 Å². The van der Waals surface area contributed by atoms with Crippen LogP contribution >= 0.6 is 0 Å². The van der Waals surface area contributed by atoms with Gasteiger partial charge in [0, 0.05) is 51.0 Å². The Morgan fingerprint density at radius 1 is 1.38 bits per heavy atom. The quantitative estimate of drug-likeness (QED) is 0.250. The highest BCUT2D eigenvalue weighted by Crippen LogP contribution is 2.33. The topological polar surface area (TPSA) is 183 Å². The predicted molar refractivity (Wildman–Crippen MR) is 106 cm³/mol. The third-order valence-corrected chi connectivity index (χ3v) is 7.04. The Bertz CT molecular complexity index is 783. The average Bonchev–Trinajstić information content (AvgIpc) is 3.01. The molecule has 0 aliphatic carbocycles. The highest BCUT2D eigenvalue weighted by molar-refractivity contribution is 7.86. The summed E-state index contributed by atoms with van der Waals surface area (Å²) >= 11 is 0. The normalized spacial score (nSPS) is 22.9. The molecule has 1 aliphatic heterocycles.